The van der Waals surface area contributed by atoms with E-state index in [4.69, 9.17) is 28.4 Å². The van der Waals surface area contributed by atoms with E-state index in [0.29, 0.717) is 63.4 Å². The van der Waals surface area contributed by atoms with Gasteiger partial charge in [0.1, 0.15) is 30.1 Å². The fourth-order valence-electron chi connectivity index (χ4n) is 10.4. The van der Waals surface area contributed by atoms with Gasteiger partial charge in [0, 0.05) is 65.6 Å². The van der Waals surface area contributed by atoms with Gasteiger partial charge in [-0.2, -0.15) is 0 Å². The van der Waals surface area contributed by atoms with Crippen molar-refractivity contribution in [3.8, 4) is 0 Å². The van der Waals surface area contributed by atoms with Crippen molar-refractivity contribution in [2.45, 2.75) is 180 Å². The lowest BCUT2D eigenvalue weighted by atomic mass is 9.78. The van der Waals surface area contributed by atoms with Gasteiger partial charge in [-0.3, -0.25) is 19.2 Å². The Morgan fingerprint density at radius 3 is 2.20 bits per heavy atom. The molecule has 0 aromatic carbocycles. The summed E-state index contributed by atoms with van der Waals surface area (Å²) in [6.07, 6.45) is 12.6. The fraction of sp³-hybridized carbons (Fsp3) is 0.750. The molecule has 372 valence electrons. The van der Waals surface area contributed by atoms with Crippen molar-refractivity contribution >= 4 is 29.2 Å². The van der Waals surface area contributed by atoms with Crippen LogP contribution in [0.15, 0.2) is 47.6 Å². The maximum atomic E-state index is 14.4. The van der Waals surface area contributed by atoms with Crippen LogP contribution in [0.3, 0.4) is 0 Å². The number of hydrogen-bond acceptors (Lipinski definition) is 13. The quantitative estimate of drug-likeness (QED) is 0.154. The van der Waals surface area contributed by atoms with Crippen molar-refractivity contribution in [1.82, 2.24) is 4.90 Å². The number of methoxy groups -OCH3 is 4. The van der Waals surface area contributed by atoms with Gasteiger partial charge in [-0.05, 0) is 107 Å². The van der Waals surface area contributed by atoms with Crippen molar-refractivity contribution in [2.75, 3.05) is 35.0 Å². The first-order valence-corrected chi connectivity index (χ1v) is 24.3. The summed E-state index contributed by atoms with van der Waals surface area (Å²) in [6.45, 7) is 13.1. The zero-order chi connectivity index (χ0) is 48.9. The van der Waals surface area contributed by atoms with Crippen LogP contribution < -0.4 is 0 Å². The van der Waals surface area contributed by atoms with Gasteiger partial charge in [-0.25, -0.2) is 4.79 Å². The van der Waals surface area contributed by atoms with Crippen LogP contribution in [0.25, 0.3) is 0 Å². The molecule has 3 fully saturated rings. The molecule has 14 heteroatoms. The number of carbonyl (C=O) groups is 5. The Morgan fingerprint density at radius 2 is 1.53 bits per heavy atom. The summed E-state index contributed by atoms with van der Waals surface area (Å²) in [6, 6.07) is -1.12. The molecule has 3 heterocycles. The number of allylic oxidation sites excluding steroid dienone is 6. The van der Waals surface area contributed by atoms with E-state index >= 15 is 0 Å². The second-order valence-electron chi connectivity index (χ2n) is 19.8. The topological polar surface area (TPSA) is 184 Å². The van der Waals surface area contributed by atoms with Gasteiger partial charge in [-0.1, -0.05) is 71.1 Å². The molecule has 2 bridgehead atoms. The van der Waals surface area contributed by atoms with Crippen LogP contribution in [0.5, 0.6) is 0 Å². The van der Waals surface area contributed by atoms with Gasteiger partial charge in [0.2, 0.25) is 5.79 Å². The second kappa shape index (κ2) is 25.8. The van der Waals surface area contributed by atoms with Crippen molar-refractivity contribution in [3.63, 3.8) is 0 Å². The number of nitrogens with zero attached hydrogens (tertiary/aromatic N) is 1. The molecule has 2 N–H and O–H groups in total. The van der Waals surface area contributed by atoms with Gasteiger partial charge >= 0.3 is 5.97 Å². The van der Waals surface area contributed by atoms with Gasteiger partial charge in [-0.15, -0.1) is 0 Å². The van der Waals surface area contributed by atoms with Crippen molar-refractivity contribution in [3.05, 3.63) is 47.6 Å². The number of rotatable bonds is 7. The molecule has 1 saturated carbocycles. The standard InChI is InChI=1S/C52H81NO13/c1-31-17-13-12-14-18-32(2)43(61-8)29-39-22-20-37(7)52(60,66-39)49(57)50(58)53-24-16-15-19-40(53)51(59)65-44(34(4)27-38-21-23-41(54)45(28-38)62-9)30-42(55)33(3)26-36(6)47(63-10)48(64-11)46(56)35(5)25-31/h12-14,17-18,26,31,33-35,37-41,43-45,47-48,54,60H,15-16,19-25,27-30H2,1-11H3. The van der Waals surface area contributed by atoms with Crippen LogP contribution in [0, 0.1) is 35.5 Å². The summed E-state index contributed by atoms with van der Waals surface area (Å²) in [7, 11) is 6.15. The molecule has 0 radical (unpaired) electrons. The van der Waals surface area contributed by atoms with Crippen LogP contribution in [0.4, 0.5) is 0 Å². The van der Waals surface area contributed by atoms with Crippen LogP contribution >= 0.6 is 0 Å². The molecule has 4 aliphatic rings. The number of ketones is 3. The highest BCUT2D eigenvalue weighted by atomic mass is 16.6. The molecule has 66 heavy (non-hydrogen) atoms. The van der Waals surface area contributed by atoms with Crippen molar-refractivity contribution in [1.29, 1.82) is 0 Å². The average molecular weight is 928 g/mol. The number of cyclic esters (lactones) is 1. The number of hydrogen-bond donors (Lipinski definition) is 2. The SMILES string of the molecule is COC1CC2CCC(C)C(O)(O2)C(=O)C(=O)N2CCCCC2C(=O)OC(C(C)CC2CCC(O)C(OC)C2)CC(=O)C(C)C=C(C)C(OC)C(OC)C(=O)C(C)CC(C)C=CC=CC=C1C. The number of amides is 1. The van der Waals surface area contributed by atoms with Crippen molar-refractivity contribution in [2.24, 2.45) is 35.5 Å². The van der Waals surface area contributed by atoms with E-state index < -0.39 is 77.9 Å². The summed E-state index contributed by atoms with van der Waals surface area (Å²) in [4.78, 5) is 72.3. The Bertz CT molecular complexity index is 1770. The third kappa shape index (κ3) is 14.3. The van der Waals surface area contributed by atoms with Crippen molar-refractivity contribution < 1.29 is 62.6 Å². The number of carbonyl (C=O) groups excluding carboxylic acids is 5. The number of aliphatic hydroxyl groups excluding tert-OH is 1. The summed E-state index contributed by atoms with van der Waals surface area (Å²) >= 11 is 0. The highest BCUT2D eigenvalue weighted by molar-refractivity contribution is 6.39. The first kappa shape index (κ1) is 55.2. The number of esters is 1. The third-order valence-electron chi connectivity index (χ3n) is 14.7. The molecule has 15 atom stereocenters. The molecule has 14 nitrogen and oxygen atoms in total. The Balaban J connectivity index is 1.72. The minimum absolute atomic E-state index is 0.0599. The van der Waals surface area contributed by atoms with Gasteiger partial charge < -0.3 is 43.5 Å². The Morgan fingerprint density at radius 1 is 0.818 bits per heavy atom. The normalized spacial score (nSPS) is 37.4. The molecule has 15 unspecified atom stereocenters. The number of aliphatic hydroxyl groups is 2. The highest BCUT2D eigenvalue weighted by Gasteiger charge is 2.53. The van der Waals surface area contributed by atoms with Crippen LogP contribution in [0.2, 0.25) is 0 Å². The first-order valence-electron chi connectivity index (χ1n) is 24.3. The van der Waals surface area contributed by atoms with E-state index in [1.165, 1.54) is 19.1 Å². The van der Waals surface area contributed by atoms with Crippen LogP contribution in [-0.2, 0) is 52.4 Å². The van der Waals surface area contributed by atoms with E-state index in [1.54, 1.807) is 41.1 Å². The first-order chi connectivity index (χ1) is 31.3. The zero-order valence-corrected chi connectivity index (χ0v) is 41.6. The number of Topliss-reactive ketones (excluding diaryl/α,β-unsaturated/α-hetero) is 3. The minimum atomic E-state index is -2.42. The Labute approximate surface area is 393 Å². The fourth-order valence-corrected chi connectivity index (χ4v) is 10.4. The predicted octanol–water partition coefficient (Wildman–Crippen LogP) is 6.83. The predicted molar refractivity (Wildman–Crippen MR) is 250 cm³/mol. The van der Waals surface area contributed by atoms with Gasteiger partial charge in [0.25, 0.3) is 11.7 Å². The Hall–Kier alpha value is -3.37. The average Bonchev–Trinajstić information content (AvgIpc) is 3.29. The minimum Gasteiger partial charge on any atom is -0.460 e. The lowest BCUT2D eigenvalue weighted by Gasteiger charge is -2.42. The monoisotopic (exact) mass is 928 g/mol. The van der Waals surface area contributed by atoms with E-state index in [1.807, 2.05) is 58.1 Å². The molecule has 4 rings (SSSR count). The molecule has 1 aliphatic carbocycles. The summed E-state index contributed by atoms with van der Waals surface area (Å²) in [5.74, 6) is -7.45. The molecular weight excluding hydrogens is 847 g/mol. The third-order valence-corrected chi connectivity index (χ3v) is 14.7. The zero-order valence-electron chi connectivity index (χ0n) is 41.6. The molecule has 3 aliphatic heterocycles. The number of fused-ring (bicyclic) bond motifs is 3. The number of piperidine rings is 1. The molecule has 0 spiro atoms. The Kier molecular flexibility index (Phi) is 21.6. The van der Waals surface area contributed by atoms with Crippen LogP contribution in [-0.4, -0.2) is 134 Å². The largest absolute Gasteiger partial charge is 0.460 e. The molecule has 1 amide bonds. The summed E-state index contributed by atoms with van der Waals surface area (Å²) < 4.78 is 35.5. The summed E-state index contributed by atoms with van der Waals surface area (Å²) in [5.41, 5.74) is 1.54. The van der Waals surface area contributed by atoms with Gasteiger partial charge in [0.05, 0.1) is 24.4 Å². The second-order valence-corrected chi connectivity index (χ2v) is 19.8. The maximum Gasteiger partial charge on any atom is 0.329 e. The molecule has 2 saturated heterocycles. The van der Waals surface area contributed by atoms with E-state index in [0.717, 1.165) is 12.0 Å². The maximum absolute atomic E-state index is 14.4. The highest BCUT2D eigenvalue weighted by Crippen LogP contribution is 2.38. The van der Waals surface area contributed by atoms with E-state index in [9.17, 15) is 34.2 Å². The smallest absolute Gasteiger partial charge is 0.329 e. The lowest BCUT2D eigenvalue weighted by molar-refractivity contribution is -0.265. The molecular formula is C52H81NO13. The molecule has 0 aromatic heterocycles. The molecule has 0 aromatic rings. The van der Waals surface area contributed by atoms with E-state index in [2.05, 4.69) is 0 Å². The number of ether oxygens (including phenoxy) is 6. The summed E-state index contributed by atoms with van der Waals surface area (Å²) in [5, 5.41) is 22.5. The van der Waals surface area contributed by atoms with Gasteiger partial charge in [0.15, 0.2) is 5.78 Å². The van der Waals surface area contributed by atoms with E-state index in [-0.39, 0.29) is 60.7 Å². The lowest BCUT2D eigenvalue weighted by Crippen LogP contribution is -2.61. The van der Waals surface area contributed by atoms with Crippen LogP contribution in [0.1, 0.15) is 126 Å².